The monoisotopic (exact) mass is 323 g/mol. The Kier molecular flexibility index (Phi) is 5.67. The number of rotatable bonds is 6. The van der Waals surface area contributed by atoms with E-state index >= 15 is 0 Å². The Balaban J connectivity index is 2.09. The van der Waals surface area contributed by atoms with Crippen molar-refractivity contribution in [1.82, 2.24) is 4.90 Å². The van der Waals surface area contributed by atoms with Crippen LogP contribution in [0.3, 0.4) is 0 Å². The van der Waals surface area contributed by atoms with Crippen molar-refractivity contribution in [2.75, 3.05) is 41.0 Å². The molecular formula is C16H21NO6. The minimum absolute atomic E-state index is 0.180. The van der Waals surface area contributed by atoms with Crippen molar-refractivity contribution < 1.29 is 28.5 Å². The van der Waals surface area contributed by atoms with Gasteiger partial charge in [-0.2, -0.15) is 0 Å². The van der Waals surface area contributed by atoms with Crippen LogP contribution in [0, 0.1) is 0 Å². The molecule has 1 aromatic carbocycles. The fourth-order valence-electron chi connectivity index (χ4n) is 2.45. The van der Waals surface area contributed by atoms with Gasteiger partial charge in [0.2, 0.25) is 0 Å². The summed E-state index contributed by atoms with van der Waals surface area (Å²) < 4.78 is 20.6. The van der Waals surface area contributed by atoms with E-state index in [1.54, 1.807) is 4.90 Å². The van der Waals surface area contributed by atoms with Crippen molar-refractivity contribution in [3.63, 3.8) is 0 Å². The van der Waals surface area contributed by atoms with Crippen LogP contribution in [-0.4, -0.2) is 57.8 Å². The first-order valence-electron chi connectivity index (χ1n) is 7.35. The molecule has 0 saturated carbocycles. The molecule has 1 heterocycles. The molecule has 1 amide bonds. The van der Waals surface area contributed by atoms with Gasteiger partial charge in [-0.05, 0) is 12.8 Å². The predicted octanol–water partition coefficient (Wildman–Crippen LogP) is 1.49. The first-order chi connectivity index (χ1) is 11.1. The van der Waals surface area contributed by atoms with Gasteiger partial charge in [0.25, 0.3) is 5.91 Å². The molecule has 0 radical (unpaired) electrons. The highest BCUT2D eigenvalue weighted by atomic mass is 16.5. The number of carbonyl (C=O) groups excluding carboxylic acids is 2. The molecule has 0 atom stereocenters. The third kappa shape index (κ3) is 3.85. The van der Waals surface area contributed by atoms with Crippen LogP contribution < -0.4 is 14.2 Å². The van der Waals surface area contributed by atoms with Gasteiger partial charge >= 0.3 is 5.97 Å². The van der Waals surface area contributed by atoms with Crippen molar-refractivity contribution in [3.05, 3.63) is 17.7 Å². The largest absolute Gasteiger partial charge is 0.496 e. The molecule has 0 aromatic heterocycles. The molecule has 1 aliphatic rings. The van der Waals surface area contributed by atoms with E-state index < -0.39 is 5.97 Å². The Morgan fingerprint density at radius 1 is 0.957 bits per heavy atom. The zero-order valence-corrected chi connectivity index (χ0v) is 13.6. The summed E-state index contributed by atoms with van der Waals surface area (Å²) in [5.41, 5.74) is 0.180. The fraction of sp³-hybridized carbons (Fsp3) is 0.500. The highest BCUT2D eigenvalue weighted by molar-refractivity contribution is 5.95. The van der Waals surface area contributed by atoms with Gasteiger partial charge in [-0.25, -0.2) is 4.79 Å². The number of benzene rings is 1. The van der Waals surface area contributed by atoms with Crippen LogP contribution in [0.15, 0.2) is 12.1 Å². The average molecular weight is 323 g/mol. The highest BCUT2D eigenvalue weighted by Gasteiger charge is 2.22. The molecular weight excluding hydrogens is 302 g/mol. The third-order valence-corrected chi connectivity index (χ3v) is 3.71. The second kappa shape index (κ2) is 7.71. The first kappa shape index (κ1) is 16.9. The average Bonchev–Trinajstić information content (AvgIpc) is 3.12. The summed E-state index contributed by atoms with van der Waals surface area (Å²) >= 11 is 0. The molecule has 1 aromatic rings. The van der Waals surface area contributed by atoms with E-state index in [4.69, 9.17) is 18.9 Å². The number of hydrogen-bond acceptors (Lipinski definition) is 6. The molecule has 23 heavy (non-hydrogen) atoms. The Morgan fingerprint density at radius 2 is 1.52 bits per heavy atom. The van der Waals surface area contributed by atoms with Crippen LogP contribution in [0.2, 0.25) is 0 Å². The Hall–Kier alpha value is -2.44. The van der Waals surface area contributed by atoms with Gasteiger partial charge in [-0.15, -0.1) is 0 Å². The number of methoxy groups -OCH3 is 3. The van der Waals surface area contributed by atoms with Crippen molar-refractivity contribution in [2.24, 2.45) is 0 Å². The van der Waals surface area contributed by atoms with E-state index in [9.17, 15) is 9.59 Å². The molecule has 1 saturated heterocycles. The SMILES string of the molecule is COc1cc(OC)c(C(=O)OCC(=O)N2CCCC2)cc1OC. The van der Waals surface area contributed by atoms with E-state index in [1.165, 1.54) is 33.5 Å². The summed E-state index contributed by atoms with van der Waals surface area (Å²) in [7, 11) is 4.40. The number of nitrogens with zero attached hydrogens (tertiary/aromatic N) is 1. The Bertz CT molecular complexity index is 580. The fourth-order valence-corrected chi connectivity index (χ4v) is 2.45. The van der Waals surface area contributed by atoms with Gasteiger partial charge in [0.15, 0.2) is 18.1 Å². The van der Waals surface area contributed by atoms with Crippen LogP contribution >= 0.6 is 0 Å². The van der Waals surface area contributed by atoms with Gasteiger partial charge in [0.05, 0.1) is 21.3 Å². The summed E-state index contributed by atoms with van der Waals surface area (Å²) in [5, 5.41) is 0. The summed E-state index contributed by atoms with van der Waals surface area (Å²) in [6, 6.07) is 3.01. The molecule has 0 N–H and O–H groups in total. The lowest BCUT2D eigenvalue weighted by Gasteiger charge is -2.16. The number of carbonyl (C=O) groups is 2. The van der Waals surface area contributed by atoms with Gasteiger partial charge < -0.3 is 23.8 Å². The number of esters is 1. The minimum atomic E-state index is -0.643. The lowest BCUT2D eigenvalue weighted by atomic mass is 10.1. The van der Waals surface area contributed by atoms with Crippen LogP contribution in [0.5, 0.6) is 17.2 Å². The van der Waals surface area contributed by atoms with Crippen LogP contribution in [0.4, 0.5) is 0 Å². The third-order valence-electron chi connectivity index (χ3n) is 3.71. The molecule has 7 heteroatoms. The van der Waals surface area contributed by atoms with Gasteiger partial charge in [-0.1, -0.05) is 0 Å². The second-order valence-electron chi connectivity index (χ2n) is 5.07. The molecule has 0 bridgehead atoms. The molecule has 126 valence electrons. The van der Waals surface area contributed by atoms with E-state index in [0.717, 1.165) is 25.9 Å². The quantitative estimate of drug-likeness (QED) is 0.739. The molecule has 1 fully saturated rings. The molecule has 7 nitrogen and oxygen atoms in total. The van der Waals surface area contributed by atoms with Gasteiger partial charge in [0, 0.05) is 25.2 Å². The summed E-state index contributed by atoms with van der Waals surface area (Å²) in [4.78, 5) is 25.9. The second-order valence-corrected chi connectivity index (χ2v) is 5.07. The standard InChI is InChI=1S/C16H21NO6/c1-20-12-9-14(22-3)13(21-2)8-11(12)16(19)23-10-15(18)17-6-4-5-7-17/h8-9H,4-7,10H2,1-3H3. The summed E-state index contributed by atoms with van der Waals surface area (Å²) in [6.07, 6.45) is 1.98. The maximum atomic E-state index is 12.2. The van der Waals surface area contributed by atoms with Crippen molar-refractivity contribution in [1.29, 1.82) is 0 Å². The van der Waals surface area contributed by atoms with Gasteiger partial charge in [0.1, 0.15) is 11.3 Å². The minimum Gasteiger partial charge on any atom is -0.496 e. The Labute approximate surface area is 135 Å². The lowest BCUT2D eigenvalue weighted by Crippen LogP contribution is -2.32. The molecule has 2 rings (SSSR count). The van der Waals surface area contributed by atoms with Gasteiger partial charge in [-0.3, -0.25) is 4.79 Å². The first-order valence-corrected chi connectivity index (χ1v) is 7.35. The topological polar surface area (TPSA) is 74.3 Å². The van der Waals surface area contributed by atoms with E-state index in [0.29, 0.717) is 17.2 Å². The Morgan fingerprint density at radius 3 is 2.09 bits per heavy atom. The number of hydrogen-bond donors (Lipinski definition) is 0. The predicted molar refractivity (Wildman–Crippen MR) is 82.2 cm³/mol. The molecule has 0 unspecified atom stereocenters. The molecule has 1 aliphatic heterocycles. The number of likely N-dealkylation sites (tertiary alicyclic amines) is 1. The maximum Gasteiger partial charge on any atom is 0.342 e. The van der Waals surface area contributed by atoms with Crippen LogP contribution in [0.1, 0.15) is 23.2 Å². The normalized spacial score (nSPS) is 13.6. The van der Waals surface area contributed by atoms with E-state index in [2.05, 4.69) is 0 Å². The number of amides is 1. The lowest BCUT2D eigenvalue weighted by molar-refractivity contribution is -0.133. The van der Waals surface area contributed by atoms with Crippen LogP contribution in [0.25, 0.3) is 0 Å². The van der Waals surface area contributed by atoms with Crippen molar-refractivity contribution >= 4 is 11.9 Å². The van der Waals surface area contributed by atoms with E-state index in [-0.39, 0.29) is 18.1 Å². The summed E-state index contributed by atoms with van der Waals surface area (Å²) in [5.74, 6) is 0.284. The summed E-state index contributed by atoms with van der Waals surface area (Å²) in [6.45, 7) is 1.16. The molecule has 0 spiro atoms. The maximum absolute atomic E-state index is 12.2. The van der Waals surface area contributed by atoms with Crippen molar-refractivity contribution in [2.45, 2.75) is 12.8 Å². The van der Waals surface area contributed by atoms with Crippen molar-refractivity contribution in [3.8, 4) is 17.2 Å². The van der Waals surface area contributed by atoms with E-state index in [1.807, 2.05) is 0 Å². The highest BCUT2D eigenvalue weighted by Crippen LogP contribution is 2.34. The number of ether oxygens (including phenoxy) is 4. The smallest absolute Gasteiger partial charge is 0.342 e. The zero-order valence-electron chi connectivity index (χ0n) is 13.6. The zero-order chi connectivity index (χ0) is 16.8. The molecule has 0 aliphatic carbocycles. The van der Waals surface area contributed by atoms with Crippen LogP contribution in [-0.2, 0) is 9.53 Å².